The molecule has 1 aromatic carbocycles. The molecule has 0 unspecified atom stereocenters. The summed E-state index contributed by atoms with van der Waals surface area (Å²) in [5.41, 5.74) is 1.14. The van der Waals surface area contributed by atoms with Gasteiger partial charge in [0, 0.05) is 19.2 Å². The van der Waals surface area contributed by atoms with Gasteiger partial charge in [0.05, 0.1) is 17.8 Å². The molecule has 0 saturated heterocycles. The van der Waals surface area contributed by atoms with Gasteiger partial charge in [0.1, 0.15) is 0 Å². The summed E-state index contributed by atoms with van der Waals surface area (Å²) in [5, 5.41) is 1.96. The number of hydrogen-bond acceptors (Lipinski definition) is 3. The molecule has 3 nitrogen and oxygen atoms in total. The van der Waals surface area contributed by atoms with Crippen molar-refractivity contribution in [2.24, 2.45) is 0 Å². The fourth-order valence-electron chi connectivity index (χ4n) is 2.05. The van der Waals surface area contributed by atoms with E-state index in [1.165, 1.54) is 4.90 Å². The molecule has 1 amide bonds. The summed E-state index contributed by atoms with van der Waals surface area (Å²) in [6.07, 6.45) is 0. The van der Waals surface area contributed by atoms with Gasteiger partial charge < -0.3 is 0 Å². The number of halogens is 2. The minimum Gasteiger partial charge on any atom is -0.299 e. The van der Waals surface area contributed by atoms with Crippen LogP contribution in [0.3, 0.4) is 0 Å². The van der Waals surface area contributed by atoms with Crippen LogP contribution in [0.4, 0.5) is 5.69 Å². The number of amides is 1. The predicted octanol–water partition coefficient (Wildman–Crippen LogP) is 4.00. The topological polar surface area (TPSA) is 37.4 Å². The molecule has 96 valence electrons. The third-order valence-corrected chi connectivity index (χ3v) is 5.23. The van der Waals surface area contributed by atoms with Crippen molar-refractivity contribution in [2.75, 3.05) is 4.90 Å². The Labute approximate surface area is 130 Å². The van der Waals surface area contributed by atoms with Crippen LogP contribution in [0.5, 0.6) is 0 Å². The largest absolute Gasteiger partial charge is 0.299 e. The van der Waals surface area contributed by atoms with Gasteiger partial charge in [-0.15, -0.1) is 11.3 Å². The first kappa shape index (κ1) is 13.0. The highest BCUT2D eigenvalue weighted by Crippen LogP contribution is 2.36. The zero-order chi connectivity index (χ0) is 13.6. The first-order valence-corrected chi connectivity index (χ1v) is 7.92. The Hall–Kier alpha value is -0.980. The van der Waals surface area contributed by atoms with Crippen LogP contribution in [0.2, 0.25) is 0 Å². The molecule has 0 atom stereocenters. The first-order chi connectivity index (χ1) is 9.08. The summed E-state index contributed by atoms with van der Waals surface area (Å²) in [6, 6.07) is 7.35. The van der Waals surface area contributed by atoms with E-state index in [9.17, 15) is 9.59 Å². The monoisotopic (exact) mass is 399 g/mol. The molecule has 1 aliphatic heterocycles. The van der Waals surface area contributed by atoms with Crippen molar-refractivity contribution in [3.05, 3.63) is 49.0 Å². The van der Waals surface area contributed by atoms with Crippen LogP contribution in [-0.4, -0.2) is 11.7 Å². The third kappa shape index (κ3) is 2.17. The van der Waals surface area contributed by atoms with Gasteiger partial charge in [0.15, 0.2) is 0 Å². The van der Waals surface area contributed by atoms with Crippen LogP contribution < -0.4 is 4.90 Å². The van der Waals surface area contributed by atoms with Crippen molar-refractivity contribution >= 4 is 60.6 Å². The number of nitrogens with zero attached hydrogens (tertiary/aromatic N) is 1. The van der Waals surface area contributed by atoms with Crippen LogP contribution in [-0.2, 0) is 11.3 Å². The second-order valence-electron chi connectivity index (χ2n) is 4.09. The zero-order valence-corrected chi connectivity index (χ0v) is 13.5. The summed E-state index contributed by atoms with van der Waals surface area (Å²) in [4.78, 5) is 26.6. The van der Waals surface area contributed by atoms with E-state index in [4.69, 9.17) is 0 Å². The number of hydrogen-bond donors (Lipinski definition) is 0. The lowest BCUT2D eigenvalue weighted by atomic mass is 10.1. The maximum absolute atomic E-state index is 12.1. The molecule has 0 radical (unpaired) electrons. The standard InChI is InChI=1S/C13H7Br2NO2S/c14-7-4-8(19-6-7)5-16-10-3-1-2-9(15)11(10)12(17)13(16)18/h1-4,6H,5H2. The summed E-state index contributed by atoms with van der Waals surface area (Å²) < 4.78 is 1.65. The summed E-state index contributed by atoms with van der Waals surface area (Å²) in [5.74, 6) is -0.912. The van der Waals surface area contributed by atoms with E-state index < -0.39 is 11.7 Å². The van der Waals surface area contributed by atoms with E-state index in [0.29, 0.717) is 22.3 Å². The Morgan fingerprint density at radius 2 is 2.00 bits per heavy atom. The van der Waals surface area contributed by atoms with Crippen molar-refractivity contribution in [1.29, 1.82) is 0 Å². The van der Waals surface area contributed by atoms with Crippen molar-refractivity contribution in [1.82, 2.24) is 0 Å². The van der Waals surface area contributed by atoms with Crippen LogP contribution in [0.1, 0.15) is 15.2 Å². The average molecular weight is 401 g/mol. The van der Waals surface area contributed by atoms with Gasteiger partial charge in [-0.2, -0.15) is 0 Å². The summed E-state index contributed by atoms with van der Waals surface area (Å²) in [6.45, 7) is 0.421. The predicted molar refractivity (Wildman–Crippen MR) is 81.7 cm³/mol. The Morgan fingerprint density at radius 3 is 2.68 bits per heavy atom. The number of Topliss-reactive ketones (excluding diaryl/α,β-unsaturated/α-hetero) is 1. The second kappa shape index (κ2) is 4.85. The highest BCUT2D eigenvalue weighted by Gasteiger charge is 2.37. The van der Waals surface area contributed by atoms with Gasteiger partial charge in [-0.3, -0.25) is 14.5 Å². The van der Waals surface area contributed by atoms with Gasteiger partial charge in [-0.25, -0.2) is 0 Å². The van der Waals surface area contributed by atoms with Gasteiger partial charge in [-0.05, 0) is 50.1 Å². The van der Waals surface area contributed by atoms with Crippen LogP contribution in [0.15, 0.2) is 38.6 Å². The fraction of sp³-hybridized carbons (Fsp3) is 0.0769. The van der Waals surface area contributed by atoms with Gasteiger partial charge in [0.25, 0.3) is 11.7 Å². The molecular formula is C13H7Br2NO2S. The van der Waals surface area contributed by atoms with Crippen LogP contribution in [0, 0.1) is 0 Å². The molecule has 0 N–H and O–H groups in total. The Morgan fingerprint density at radius 1 is 1.21 bits per heavy atom. The minimum atomic E-state index is -0.466. The Balaban J connectivity index is 2.02. The minimum absolute atomic E-state index is 0.421. The Bertz CT molecular complexity index is 696. The van der Waals surface area contributed by atoms with Crippen LogP contribution in [0.25, 0.3) is 0 Å². The summed E-state index contributed by atoms with van der Waals surface area (Å²) >= 11 is 8.27. The molecule has 0 spiro atoms. The number of rotatable bonds is 2. The van der Waals surface area contributed by atoms with Gasteiger partial charge in [-0.1, -0.05) is 6.07 Å². The summed E-state index contributed by atoms with van der Waals surface area (Å²) in [7, 11) is 0. The molecular weight excluding hydrogens is 394 g/mol. The number of benzene rings is 1. The van der Waals surface area contributed by atoms with E-state index in [0.717, 1.165) is 9.35 Å². The number of carbonyl (C=O) groups is 2. The molecule has 19 heavy (non-hydrogen) atoms. The Kier molecular flexibility index (Phi) is 3.32. The van der Waals surface area contributed by atoms with Gasteiger partial charge in [0.2, 0.25) is 0 Å². The number of thiophene rings is 1. The fourth-order valence-corrected chi connectivity index (χ4v) is 4.03. The van der Waals surface area contributed by atoms with E-state index in [-0.39, 0.29) is 0 Å². The average Bonchev–Trinajstić information content (AvgIpc) is 2.88. The SMILES string of the molecule is O=C1C(=O)N(Cc2cc(Br)cs2)c2cccc(Br)c21. The molecule has 6 heteroatoms. The number of ketones is 1. The lowest BCUT2D eigenvalue weighted by Crippen LogP contribution is -2.28. The highest BCUT2D eigenvalue weighted by molar-refractivity contribution is 9.10. The maximum atomic E-state index is 12.1. The second-order valence-corrected chi connectivity index (χ2v) is 6.85. The van der Waals surface area contributed by atoms with E-state index >= 15 is 0 Å². The molecule has 2 heterocycles. The van der Waals surface area contributed by atoms with Crippen molar-refractivity contribution in [2.45, 2.75) is 6.54 Å². The van der Waals surface area contributed by atoms with Crippen molar-refractivity contribution in [3.8, 4) is 0 Å². The quantitative estimate of drug-likeness (QED) is 0.714. The van der Waals surface area contributed by atoms with Crippen molar-refractivity contribution < 1.29 is 9.59 Å². The lowest BCUT2D eigenvalue weighted by molar-refractivity contribution is -0.114. The number of carbonyl (C=O) groups excluding carboxylic acids is 2. The van der Waals surface area contributed by atoms with Gasteiger partial charge >= 0.3 is 0 Å². The zero-order valence-electron chi connectivity index (χ0n) is 9.52. The molecule has 1 aromatic heterocycles. The molecule has 1 aliphatic rings. The normalized spacial score (nSPS) is 14.1. The van der Waals surface area contributed by atoms with E-state index in [1.54, 1.807) is 23.5 Å². The lowest BCUT2D eigenvalue weighted by Gasteiger charge is -2.15. The molecule has 0 bridgehead atoms. The van der Waals surface area contributed by atoms with E-state index in [1.807, 2.05) is 17.5 Å². The first-order valence-electron chi connectivity index (χ1n) is 5.45. The van der Waals surface area contributed by atoms with E-state index in [2.05, 4.69) is 31.9 Å². The molecule has 3 rings (SSSR count). The van der Waals surface area contributed by atoms with Crippen molar-refractivity contribution in [3.63, 3.8) is 0 Å². The molecule has 0 saturated carbocycles. The maximum Gasteiger partial charge on any atom is 0.299 e. The van der Waals surface area contributed by atoms with Crippen LogP contribution >= 0.6 is 43.2 Å². The third-order valence-electron chi connectivity index (χ3n) is 2.88. The molecule has 0 fully saturated rings. The molecule has 0 aliphatic carbocycles. The number of anilines is 1. The number of fused-ring (bicyclic) bond motifs is 1. The smallest absolute Gasteiger partial charge is 0.299 e. The highest BCUT2D eigenvalue weighted by atomic mass is 79.9. The molecule has 2 aromatic rings.